The zero-order valence-electron chi connectivity index (χ0n) is 16.6. The van der Waals surface area contributed by atoms with E-state index in [1.54, 1.807) is 37.3 Å². The Labute approximate surface area is 170 Å². The summed E-state index contributed by atoms with van der Waals surface area (Å²) in [6.45, 7) is 1.11. The summed E-state index contributed by atoms with van der Waals surface area (Å²) in [6.07, 6.45) is 2.76. The molecule has 2 aromatic carbocycles. The van der Waals surface area contributed by atoms with Crippen LogP contribution in [0, 0.1) is 5.92 Å². The molecule has 2 aromatic rings. The molecule has 2 amide bonds. The van der Waals surface area contributed by atoms with Crippen molar-refractivity contribution in [3.05, 3.63) is 59.7 Å². The molecule has 0 unspecified atom stereocenters. The van der Waals surface area contributed by atoms with E-state index in [4.69, 9.17) is 9.47 Å². The Morgan fingerprint density at radius 2 is 1.79 bits per heavy atom. The summed E-state index contributed by atoms with van der Waals surface area (Å²) in [5.74, 6) is 1.01. The number of hydrogen-bond donors (Lipinski definition) is 1. The van der Waals surface area contributed by atoms with Gasteiger partial charge in [-0.3, -0.25) is 9.59 Å². The molecule has 1 aliphatic rings. The van der Waals surface area contributed by atoms with Crippen molar-refractivity contribution in [1.29, 1.82) is 0 Å². The smallest absolute Gasteiger partial charge is 0.253 e. The Morgan fingerprint density at radius 1 is 1.07 bits per heavy atom. The Balaban J connectivity index is 1.53. The lowest BCUT2D eigenvalue weighted by atomic mass is 9.95. The van der Waals surface area contributed by atoms with Crippen molar-refractivity contribution >= 4 is 18.0 Å². The van der Waals surface area contributed by atoms with Gasteiger partial charge in [-0.2, -0.15) is 5.10 Å². The predicted octanol–water partition coefficient (Wildman–Crippen LogP) is 2.71. The number of nitrogens with zero attached hydrogens (tertiary/aromatic N) is 2. The van der Waals surface area contributed by atoms with Gasteiger partial charge < -0.3 is 14.4 Å². The molecule has 29 heavy (non-hydrogen) atoms. The van der Waals surface area contributed by atoms with Crippen LogP contribution in [0.15, 0.2) is 53.6 Å². The second-order valence-electron chi connectivity index (χ2n) is 6.77. The predicted molar refractivity (Wildman–Crippen MR) is 110 cm³/mol. The van der Waals surface area contributed by atoms with Crippen molar-refractivity contribution in [3.8, 4) is 11.5 Å². The van der Waals surface area contributed by atoms with Gasteiger partial charge in [-0.25, -0.2) is 5.43 Å². The fourth-order valence-electron chi connectivity index (χ4n) is 3.31. The summed E-state index contributed by atoms with van der Waals surface area (Å²) in [6, 6.07) is 14.6. The van der Waals surface area contributed by atoms with Gasteiger partial charge in [-0.05, 0) is 43.2 Å². The first kappa shape index (κ1) is 20.4. The molecule has 0 bridgehead atoms. The lowest BCUT2D eigenvalue weighted by Crippen LogP contribution is -2.42. The molecular weight excluding hydrogens is 370 g/mol. The number of methoxy groups -OCH3 is 2. The second kappa shape index (κ2) is 9.73. The standard InChI is InChI=1S/C22H25N3O4/c1-28-19-8-9-20(29-2)18(14-19)15-23-24-21(26)16-10-12-25(13-11-16)22(27)17-6-4-3-5-7-17/h3-9,14-16H,10-13H2,1-2H3,(H,24,26)/b23-15-. The van der Waals surface area contributed by atoms with E-state index in [-0.39, 0.29) is 17.7 Å². The minimum Gasteiger partial charge on any atom is -0.497 e. The number of hydrazone groups is 1. The minimum absolute atomic E-state index is 0.00704. The summed E-state index contributed by atoms with van der Waals surface area (Å²) in [5.41, 5.74) is 3.97. The molecule has 0 atom stereocenters. The molecule has 1 fully saturated rings. The van der Waals surface area contributed by atoms with Crippen LogP contribution >= 0.6 is 0 Å². The molecule has 152 valence electrons. The third kappa shape index (κ3) is 5.13. The van der Waals surface area contributed by atoms with Crippen LogP contribution < -0.4 is 14.9 Å². The average molecular weight is 395 g/mol. The third-order valence-electron chi connectivity index (χ3n) is 4.99. The monoisotopic (exact) mass is 395 g/mol. The first-order valence-electron chi connectivity index (χ1n) is 9.51. The second-order valence-corrected chi connectivity index (χ2v) is 6.77. The molecule has 0 aromatic heterocycles. The lowest BCUT2D eigenvalue weighted by molar-refractivity contribution is -0.126. The lowest BCUT2D eigenvalue weighted by Gasteiger charge is -2.31. The van der Waals surface area contributed by atoms with E-state index in [1.807, 2.05) is 30.3 Å². The summed E-state index contributed by atoms with van der Waals surface area (Å²) in [5, 5.41) is 4.06. The first-order valence-corrected chi connectivity index (χ1v) is 9.51. The number of amides is 2. The number of rotatable bonds is 6. The largest absolute Gasteiger partial charge is 0.497 e. The zero-order valence-corrected chi connectivity index (χ0v) is 16.6. The molecule has 0 spiro atoms. The van der Waals surface area contributed by atoms with Crippen molar-refractivity contribution in [2.75, 3.05) is 27.3 Å². The zero-order chi connectivity index (χ0) is 20.6. The van der Waals surface area contributed by atoms with Crippen LogP contribution in [0.1, 0.15) is 28.8 Å². The van der Waals surface area contributed by atoms with Gasteiger partial charge in [-0.15, -0.1) is 0 Å². The van der Waals surface area contributed by atoms with Crippen molar-refractivity contribution < 1.29 is 19.1 Å². The molecule has 0 radical (unpaired) electrons. The van der Waals surface area contributed by atoms with E-state index in [0.29, 0.717) is 48.6 Å². The van der Waals surface area contributed by atoms with Crippen molar-refractivity contribution in [1.82, 2.24) is 10.3 Å². The number of ether oxygens (including phenoxy) is 2. The highest BCUT2D eigenvalue weighted by atomic mass is 16.5. The van der Waals surface area contributed by atoms with Crippen LogP contribution in [-0.2, 0) is 4.79 Å². The van der Waals surface area contributed by atoms with Crippen LogP contribution in [0.4, 0.5) is 0 Å². The first-order chi connectivity index (χ1) is 14.1. The summed E-state index contributed by atoms with van der Waals surface area (Å²) in [4.78, 5) is 26.7. The summed E-state index contributed by atoms with van der Waals surface area (Å²) < 4.78 is 10.5. The van der Waals surface area contributed by atoms with Gasteiger partial charge in [0.05, 0.1) is 20.4 Å². The number of carbonyl (C=O) groups is 2. The van der Waals surface area contributed by atoms with E-state index >= 15 is 0 Å². The highest BCUT2D eigenvalue weighted by molar-refractivity contribution is 5.94. The van der Waals surface area contributed by atoms with Gasteiger partial charge >= 0.3 is 0 Å². The van der Waals surface area contributed by atoms with Crippen LogP contribution in [0.25, 0.3) is 0 Å². The maximum Gasteiger partial charge on any atom is 0.253 e. The molecule has 0 saturated carbocycles. The average Bonchev–Trinajstić information content (AvgIpc) is 2.79. The molecule has 1 N–H and O–H groups in total. The minimum atomic E-state index is -0.167. The number of piperidine rings is 1. The summed E-state index contributed by atoms with van der Waals surface area (Å²) in [7, 11) is 3.15. The van der Waals surface area contributed by atoms with Gasteiger partial charge in [0.15, 0.2) is 0 Å². The Bertz CT molecular complexity index is 875. The fraction of sp³-hybridized carbons (Fsp3) is 0.318. The van der Waals surface area contributed by atoms with Crippen molar-refractivity contribution in [2.24, 2.45) is 11.0 Å². The maximum atomic E-state index is 12.5. The highest BCUT2D eigenvalue weighted by Gasteiger charge is 2.27. The molecule has 7 nitrogen and oxygen atoms in total. The van der Waals surface area contributed by atoms with Gasteiger partial charge in [0.2, 0.25) is 5.91 Å². The van der Waals surface area contributed by atoms with Gasteiger partial charge in [0, 0.05) is 30.1 Å². The van der Waals surface area contributed by atoms with Crippen LogP contribution in [-0.4, -0.2) is 50.2 Å². The van der Waals surface area contributed by atoms with Gasteiger partial charge in [-0.1, -0.05) is 18.2 Å². The Hall–Kier alpha value is -3.35. The normalized spacial score (nSPS) is 14.6. The van der Waals surface area contributed by atoms with Crippen LogP contribution in [0.3, 0.4) is 0 Å². The van der Waals surface area contributed by atoms with E-state index in [9.17, 15) is 9.59 Å². The Morgan fingerprint density at radius 3 is 2.45 bits per heavy atom. The SMILES string of the molecule is COc1ccc(OC)c(/C=N\NC(=O)C2CCN(C(=O)c3ccccc3)CC2)c1. The van der Waals surface area contributed by atoms with Crippen molar-refractivity contribution in [2.45, 2.75) is 12.8 Å². The van der Waals surface area contributed by atoms with E-state index in [1.165, 1.54) is 6.21 Å². The molecule has 1 heterocycles. The molecule has 1 aliphatic heterocycles. The quantitative estimate of drug-likeness (QED) is 0.602. The van der Waals surface area contributed by atoms with E-state index in [0.717, 1.165) is 0 Å². The number of benzene rings is 2. The molecular formula is C22H25N3O4. The molecule has 3 rings (SSSR count). The summed E-state index contributed by atoms with van der Waals surface area (Å²) >= 11 is 0. The Kier molecular flexibility index (Phi) is 6.84. The van der Waals surface area contributed by atoms with Gasteiger partial charge in [0.25, 0.3) is 5.91 Å². The van der Waals surface area contributed by atoms with Gasteiger partial charge in [0.1, 0.15) is 11.5 Å². The molecule has 7 heteroatoms. The fourth-order valence-corrected chi connectivity index (χ4v) is 3.31. The highest BCUT2D eigenvalue weighted by Crippen LogP contribution is 2.22. The van der Waals surface area contributed by atoms with Crippen LogP contribution in [0.2, 0.25) is 0 Å². The van der Waals surface area contributed by atoms with Crippen LogP contribution in [0.5, 0.6) is 11.5 Å². The third-order valence-corrected chi connectivity index (χ3v) is 4.99. The topological polar surface area (TPSA) is 80.2 Å². The number of carbonyl (C=O) groups excluding carboxylic acids is 2. The van der Waals surface area contributed by atoms with Crippen molar-refractivity contribution in [3.63, 3.8) is 0 Å². The maximum absolute atomic E-state index is 12.5. The van der Waals surface area contributed by atoms with E-state index < -0.39 is 0 Å². The van der Waals surface area contributed by atoms with E-state index in [2.05, 4.69) is 10.5 Å². The number of hydrogen-bond acceptors (Lipinski definition) is 5. The molecule has 1 saturated heterocycles. The number of nitrogens with one attached hydrogen (secondary N) is 1. The molecule has 0 aliphatic carbocycles. The number of likely N-dealkylation sites (tertiary alicyclic amines) is 1.